The highest BCUT2D eigenvalue weighted by molar-refractivity contribution is 5.91. The average Bonchev–Trinajstić information content (AvgIpc) is 3.17. The predicted octanol–water partition coefficient (Wildman–Crippen LogP) is 2.58. The number of hydrogen-bond donors (Lipinski definition) is 0. The Bertz CT molecular complexity index is 827. The summed E-state index contributed by atoms with van der Waals surface area (Å²) in [5.41, 5.74) is 3.50. The number of fused-ring (bicyclic) bond motifs is 1. The van der Waals surface area contributed by atoms with Crippen molar-refractivity contribution >= 4 is 11.0 Å². The van der Waals surface area contributed by atoms with Gasteiger partial charge in [-0.2, -0.15) is 5.10 Å². The van der Waals surface area contributed by atoms with Crippen LogP contribution >= 0.6 is 0 Å². The maximum Gasteiger partial charge on any atom is 0.161 e. The molecule has 24 heavy (non-hydrogen) atoms. The van der Waals surface area contributed by atoms with Crippen LogP contribution in [0.3, 0.4) is 0 Å². The van der Waals surface area contributed by atoms with E-state index in [1.807, 2.05) is 24.7 Å². The molecule has 0 N–H and O–H groups in total. The van der Waals surface area contributed by atoms with Crippen LogP contribution in [0.1, 0.15) is 30.7 Å². The van der Waals surface area contributed by atoms with Gasteiger partial charge in [0.05, 0.1) is 35.1 Å². The van der Waals surface area contributed by atoms with Crippen molar-refractivity contribution in [3.63, 3.8) is 0 Å². The number of piperidine rings is 1. The summed E-state index contributed by atoms with van der Waals surface area (Å²) in [6.45, 7) is 8.09. The fourth-order valence-corrected chi connectivity index (χ4v) is 3.50. The lowest BCUT2D eigenvalue weighted by molar-refractivity contribution is 0.219. The zero-order chi connectivity index (χ0) is 16.5. The van der Waals surface area contributed by atoms with Crippen LogP contribution in [0.25, 0.3) is 22.3 Å². The second-order valence-corrected chi connectivity index (χ2v) is 6.43. The van der Waals surface area contributed by atoms with Crippen molar-refractivity contribution in [3.05, 3.63) is 24.0 Å². The molecule has 0 unspecified atom stereocenters. The van der Waals surface area contributed by atoms with Gasteiger partial charge in [-0.3, -0.25) is 0 Å². The van der Waals surface area contributed by atoms with Crippen molar-refractivity contribution in [2.45, 2.75) is 39.7 Å². The number of aryl methyl sites for hydroxylation is 2. The Labute approximate surface area is 140 Å². The Kier molecular flexibility index (Phi) is 4.02. The van der Waals surface area contributed by atoms with E-state index in [0.29, 0.717) is 0 Å². The molecular weight excluding hydrogens is 304 g/mol. The van der Waals surface area contributed by atoms with E-state index in [9.17, 15) is 0 Å². The molecule has 1 saturated heterocycles. The minimum absolute atomic E-state index is 0.772. The highest BCUT2D eigenvalue weighted by Gasteiger charge is 2.18. The summed E-state index contributed by atoms with van der Waals surface area (Å²) >= 11 is 0. The molecule has 3 aromatic heterocycles. The molecule has 1 aliphatic rings. The third-order valence-corrected chi connectivity index (χ3v) is 4.78. The quantitative estimate of drug-likeness (QED) is 0.734. The molecule has 7 nitrogen and oxygen atoms in total. The van der Waals surface area contributed by atoms with Crippen molar-refractivity contribution in [1.82, 2.24) is 29.8 Å². The van der Waals surface area contributed by atoms with Gasteiger partial charge < -0.3 is 9.42 Å². The standard InChI is InChI=1S/C17H22N6O/c1-12-15(13(2)24-21-12)16-14-10-20-23(17(14)19-11-18-16)9-8-22-6-4-3-5-7-22/h10-11H,3-9H2,1-2H3. The van der Waals surface area contributed by atoms with Gasteiger partial charge in [0.15, 0.2) is 5.65 Å². The van der Waals surface area contributed by atoms with Gasteiger partial charge in [0, 0.05) is 6.54 Å². The molecule has 0 atom stereocenters. The van der Waals surface area contributed by atoms with Gasteiger partial charge in [-0.25, -0.2) is 14.6 Å². The van der Waals surface area contributed by atoms with Crippen LogP contribution in [-0.2, 0) is 6.54 Å². The first-order valence-electron chi connectivity index (χ1n) is 8.56. The largest absolute Gasteiger partial charge is 0.361 e. The Hall–Kier alpha value is -2.28. The van der Waals surface area contributed by atoms with Gasteiger partial charge in [0.1, 0.15) is 12.1 Å². The van der Waals surface area contributed by atoms with Gasteiger partial charge in [-0.05, 0) is 39.8 Å². The summed E-state index contributed by atoms with van der Waals surface area (Å²) in [4.78, 5) is 11.4. The molecule has 1 aliphatic heterocycles. The summed E-state index contributed by atoms with van der Waals surface area (Å²) < 4.78 is 7.27. The predicted molar refractivity (Wildman–Crippen MR) is 90.6 cm³/mol. The lowest BCUT2D eigenvalue weighted by atomic mass is 10.1. The molecule has 4 rings (SSSR count). The summed E-state index contributed by atoms with van der Waals surface area (Å²) in [6, 6.07) is 0. The first-order chi connectivity index (χ1) is 11.7. The maximum absolute atomic E-state index is 5.29. The zero-order valence-corrected chi connectivity index (χ0v) is 14.2. The number of nitrogens with zero attached hydrogens (tertiary/aromatic N) is 6. The summed E-state index contributed by atoms with van der Waals surface area (Å²) in [5, 5.41) is 9.53. The summed E-state index contributed by atoms with van der Waals surface area (Å²) in [6.07, 6.45) is 7.42. The average molecular weight is 326 g/mol. The van der Waals surface area contributed by atoms with E-state index < -0.39 is 0 Å². The zero-order valence-electron chi connectivity index (χ0n) is 14.2. The molecule has 1 fully saturated rings. The lowest BCUT2D eigenvalue weighted by Crippen LogP contribution is -2.32. The molecule has 0 radical (unpaired) electrons. The molecule has 0 aliphatic carbocycles. The van der Waals surface area contributed by atoms with Gasteiger partial charge in [0.2, 0.25) is 0 Å². The molecule has 0 bridgehead atoms. The smallest absolute Gasteiger partial charge is 0.161 e. The Balaban J connectivity index is 1.64. The van der Waals surface area contributed by atoms with E-state index in [4.69, 9.17) is 4.52 Å². The van der Waals surface area contributed by atoms with Gasteiger partial charge >= 0.3 is 0 Å². The van der Waals surface area contributed by atoms with Gasteiger partial charge in [-0.15, -0.1) is 0 Å². The first-order valence-corrected chi connectivity index (χ1v) is 8.56. The molecule has 4 heterocycles. The molecule has 126 valence electrons. The molecular formula is C17H22N6O. The van der Waals surface area contributed by atoms with E-state index >= 15 is 0 Å². The second kappa shape index (κ2) is 6.32. The van der Waals surface area contributed by atoms with Gasteiger partial charge in [-0.1, -0.05) is 11.6 Å². The second-order valence-electron chi connectivity index (χ2n) is 6.43. The van der Waals surface area contributed by atoms with E-state index in [2.05, 4.69) is 25.1 Å². The van der Waals surface area contributed by atoms with Crippen molar-refractivity contribution in [2.24, 2.45) is 0 Å². The van der Waals surface area contributed by atoms with E-state index in [-0.39, 0.29) is 0 Å². The van der Waals surface area contributed by atoms with Crippen LogP contribution in [0.15, 0.2) is 17.0 Å². The Morgan fingerprint density at radius 3 is 2.67 bits per heavy atom. The monoisotopic (exact) mass is 326 g/mol. The minimum atomic E-state index is 0.772. The molecule has 7 heteroatoms. The fraction of sp³-hybridized carbons (Fsp3) is 0.529. The van der Waals surface area contributed by atoms with Crippen LogP contribution in [0.2, 0.25) is 0 Å². The fourth-order valence-electron chi connectivity index (χ4n) is 3.50. The third kappa shape index (κ3) is 2.69. The number of hydrogen-bond acceptors (Lipinski definition) is 6. The van der Waals surface area contributed by atoms with Gasteiger partial charge in [0.25, 0.3) is 0 Å². The highest BCUT2D eigenvalue weighted by atomic mass is 16.5. The summed E-state index contributed by atoms with van der Waals surface area (Å²) in [7, 11) is 0. The number of rotatable bonds is 4. The van der Waals surface area contributed by atoms with Crippen LogP contribution in [-0.4, -0.2) is 49.4 Å². The molecule has 0 saturated carbocycles. The topological polar surface area (TPSA) is 72.9 Å². The Morgan fingerprint density at radius 1 is 1.08 bits per heavy atom. The van der Waals surface area contributed by atoms with Crippen LogP contribution in [0.4, 0.5) is 0 Å². The molecule has 0 spiro atoms. The van der Waals surface area contributed by atoms with Crippen LogP contribution in [0, 0.1) is 13.8 Å². The van der Waals surface area contributed by atoms with Crippen molar-refractivity contribution in [1.29, 1.82) is 0 Å². The van der Waals surface area contributed by atoms with Crippen LogP contribution in [0.5, 0.6) is 0 Å². The van der Waals surface area contributed by atoms with E-state index in [1.165, 1.54) is 32.4 Å². The van der Waals surface area contributed by atoms with Crippen LogP contribution < -0.4 is 0 Å². The third-order valence-electron chi connectivity index (χ3n) is 4.78. The van der Waals surface area contributed by atoms with E-state index in [1.54, 1.807) is 6.33 Å². The lowest BCUT2D eigenvalue weighted by Gasteiger charge is -2.26. The van der Waals surface area contributed by atoms with Crippen molar-refractivity contribution in [2.75, 3.05) is 19.6 Å². The highest BCUT2D eigenvalue weighted by Crippen LogP contribution is 2.30. The first kappa shape index (κ1) is 15.3. The number of aromatic nitrogens is 5. The number of likely N-dealkylation sites (tertiary alicyclic amines) is 1. The maximum atomic E-state index is 5.29. The molecule has 0 amide bonds. The summed E-state index contributed by atoms with van der Waals surface area (Å²) in [5.74, 6) is 0.772. The minimum Gasteiger partial charge on any atom is -0.361 e. The normalized spacial score (nSPS) is 16.1. The molecule has 0 aromatic carbocycles. The van der Waals surface area contributed by atoms with Crippen molar-refractivity contribution in [3.8, 4) is 11.3 Å². The molecule has 3 aromatic rings. The SMILES string of the molecule is Cc1noc(C)c1-c1ncnc2c1cnn2CCN1CCCCC1. The van der Waals surface area contributed by atoms with E-state index in [0.717, 1.165) is 46.8 Å². The Morgan fingerprint density at radius 2 is 1.92 bits per heavy atom. The van der Waals surface area contributed by atoms with Crippen molar-refractivity contribution < 1.29 is 4.52 Å².